The maximum Gasteiger partial charge on any atom is 0.166 e. The zero-order valence-electron chi connectivity index (χ0n) is 11.7. The van der Waals surface area contributed by atoms with Crippen molar-refractivity contribution in [3.63, 3.8) is 0 Å². The minimum Gasteiger partial charge on any atom is -0.491 e. The summed E-state index contributed by atoms with van der Waals surface area (Å²) in [5.74, 6) is 1.90. The molecule has 1 aliphatic carbocycles. The number of hydrogen-bond acceptors (Lipinski definition) is 2. The zero-order valence-corrected chi connectivity index (χ0v) is 11.7. The van der Waals surface area contributed by atoms with Crippen molar-refractivity contribution in [3.8, 4) is 0 Å². The van der Waals surface area contributed by atoms with E-state index in [-0.39, 0.29) is 11.0 Å². The highest BCUT2D eigenvalue weighted by Crippen LogP contribution is 2.44. The summed E-state index contributed by atoms with van der Waals surface area (Å²) < 4.78 is 5.97. The molecule has 0 fully saturated rings. The standard InChI is InChI=1S/C15H24O2/c1-14(2,3)10-6-7-13-11(8-10)12(16)9-15(4,5)17-13/h10H,6-9H2,1-5H3. The van der Waals surface area contributed by atoms with E-state index in [9.17, 15) is 4.79 Å². The fourth-order valence-corrected chi connectivity index (χ4v) is 2.90. The molecule has 2 rings (SSSR count). The lowest BCUT2D eigenvalue weighted by Gasteiger charge is -2.40. The Morgan fingerprint density at radius 2 is 1.94 bits per heavy atom. The summed E-state index contributed by atoms with van der Waals surface area (Å²) in [6.07, 6.45) is 3.52. The minimum atomic E-state index is -0.301. The Kier molecular flexibility index (Phi) is 2.87. The molecule has 0 bridgehead atoms. The molecule has 0 saturated heterocycles. The quantitative estimate of drug-likeness (QED) is 0.638. The molecule has 0 N–H and O–H groups in total. The number of Topliss-reactive ketones (excluding diaryl/α,β-unsaturated/α-hetero) is 1. The largest absolute Gasteiger partial charge is 0.491 e. The third kappa shape index (κ3) is 2.56. The van der Waals surface area contributed by atoms with E-state index in [2.05, 4.69) is 20.8 Å². The van der Waals surface area contributed by atoms with Crippen molar-refractivity contribution in [1.82, 2.24) is 0 Å². The van der Waals surface area contributed by atoms with E-state index < -0.39 is 0 Å². The molecule has 0 spiro atoms. The maximum absolute atomic E-state index is 12.2. The molecule has 17 heavy (non-hydrogen) atoms. The van der Waals surface area contributed by atoms with E-state index in [4.69, 9.17) is 4.74 Å². The second-order valence-electron chi connectivity index (χ2n) is 7.17. The Bertz CT molecular complexity index is 369. The van der Waals surface area contributed by atoms with Gasteiger partial charge in [0.25, 0.3) is 0 Å². The van der Waals surface area contributed by atoms with Gasteiger partial charge in [0.15, 0.2) is 5.78 Å². The van der Waals surface area contributed by atoms with Crippen LogP contribution in [0.15, 0.2) is 11.3 Å². The summed E-state index contributed by atoms with van der Waals surface area (Å²) in [5, 5.41) is 0. The normalized spacial score (nSPS) is 28.8. The number of hydrogen-bond donors (Lipinski definition) is 0. The van der Waals surface area contributed by atoms with Crippen LogP contribution in [0.1, 0.15) is 60.3 Å². The SMILES string of the molecule is CC1(C)CC(=O)C2=C(CCC(C(C)(C)C)C2)O1. The first kappa shape index (κ1) is 12.7. The van der Waals surface area contributed by atoms with Gasteiger partial charge < -0.3 is 4.74 Å². The smallest absolute Gasteiger partial charge is 0.166 e. The summed E-state index contributed by atoms with van der Waals surface area (Å²) in [7, 11) is 0. The van der Waals surface area contributed by atoms with Gasteiger partial charge >= 0.3 is 0 Å². The lowest BCUT2D eigenvalue weighted by Crippen LogP contribution is -2.37. The van der Waals surface area contributed by atoms with Crippen LogP contribution in [0.2, 0.25) is 0 Å². The lowest BCUT2D eigenvalue weighted by molar-refractivity contribution is -0.124. The van der Waals surface area contributed by atoms with Gasteiger partial charge in [-0.05, 0) is 38.0 Å². The molecule has 2 aliphatic rings. The number of allylic oxidation sites excluding steroid dienone is 2. The highest BCUT2D eigenvalue weighted by molar-refractivity contribution is 5.97. The molecule has 1 atom stereocenters. The van der Waals surface area contributed by atoms with Gasteiger partial charge in [-0.15, -0.1) is 0 Å². The number of ketones is 1. The van der Waals surface area contributed by atoms with Gasteiger partial charge in [-0.2, -0.15) is 0 Å². The molecule has 0 aromatic heterocycles. The minimum absolute atomic E-state index is 0.284. The van der Waals surface area contributed by atoms with Crippen molar-refractivity contribution >= 4 is 5.78 Å². The monoisotopic (exact) mass is 236 g/mol. The average Bonchev–Trinajstić information content (AvgIpc) is 2.13. The van der Waals surface area contributed by atoms with Gasteiger partial charge in [-0.25, -0.2) is 0 Å². The van der Waals surface area contributed by atoms with E-state index >= 15 is 0 Å². The fourth-order valence-electron chi connectivity index (χ4n) is 2.90. The summed E-state index contributed by atoms with van der Waals surface area (Å²) in [6.45, 7) is 10.8. The molecule has 0 aromatic carbocycles. The Balaban J connectivity index is 2.23. The number of carbonyl (C=O) groups is 1. The number of rotatable bonds is 0. The van der Waals surface area contributed by atoms with Crippen molar-refractivity contribution in [2.75, 3.05) is 0 Å². The van der Waals surface area contributed by atoms with E-state index in [1.54, 1.807) is 0 Å². The molecule has 0 amide bonds. The van der Waals surface area contributed by atoms with Crippen LogP contribution in [-0.4, -0.2) is 11.4 Å². The second kappa shape index (κ2) is 3.86. The third-order valence-electron chi connectivity index (χ3n) is 4.05. The average molecular weight is 236 g/mol. The second-order valence-corrected chi connectivity index (χ2v) is 7.17. The van der Waals surface area contributed by atoms with Crippen LogP contribution in [0.4, 0.5) is 0 Å². The summed E-state index contributed by atoms with van der Waals surface area (Å²) in [5.41, 5.74) is 0.964. The van der Waals surface area contributed by atoms with Crippen molar-refractivity contribution in [2.24, 2.45) is 11.3 Å². The topological polar surface area (TPSA) is 26.3 Å². The van der Waals surface area contributed by atoms with Crippen LogP contribution < -0.4 is 0 Å². The summed E-state index contributed by atoms with van der Waals surface area (Å²) >= 11 is 0. The van der Waals surface area contributed by atoms with Crippen molar-refractivity contribution in [3.05, 3.63) is 11.3 Å². The van der Waals surface area contributed by atoms with Gasteiger partial charge in [0.2, 0.25) is 0 Å². The zero-order chi connectivity index (χ0) is 12.8. The lowest BCUT2D eigenvalue weighted by atomic mass is 9.70. The van der Waals surface area contributed by atoms with Gasteiger partial charge in [-0.3, -0.25) is 4.79 Å². The van der Waals surface area contributed by atoms with Gasteiger partial charge in [0, 0.05) is 12.0 Å². The molecule has 1 unspecified atom stereocenters. The maximum atomic E-state index is 12.2. The van der Waals surface area contributed by atoms with Gasteiger partial charge in [0.05, 0.1) is 6.42 Å². The van der Waals surface area contributed by atoms with E-state index in [1.807, 2.05) is 13.8 Å². The van der Waals surface area contributed by atoms with E-state index in [0.717, 1.165) is 30.6 Å². The van der Waals surface area contributed by atoms with Crippen molar-refractivity contribution in [1.29, 1.82) is 0 Å². The van der Waals surface area contributed by atoms with Crippen LogP contribution in [0.3, 0.4) is 0 Å². The molecular formula is C15H24O2. The van der Waals surface area contributed by atoms with Crippen molar-refractivity contribution in [2.45, 2.75) is 65.9 Å². The van der Waals surface area contributed by atoms with E-state index in [0.29, 0.717) is 18.1 Å². The predicted molar refractivity (Wildman–Crippen MR) is 68.6 cm³/mol. The van der Waals surface area contributed by atoms with E-state index in [1.165, 1.54) is 0 Å². The number of carbonyl (C=O) groups excluding carboxylic acids is 1. The van der Waals surface area contributed by atoms with Crippen LogP contribution in [0.25, 0.3) is 0 Å². The predicted octanol–water partition coefficient (Wildman–Crippen LogP) is 3.85. The highest BCUT2D eigenvalue weighted by Gasteiger charge is 2.39. The number of ether oxygens (including phenoxy) is 1. The first-order valence-electron chi connectivity index (χ1n) is 6.63. The molecule has 0 radical (unpaired) electrons. The van der Waals surface area contributed by atoms with Crippen molar-refractivity contribution < 1.29 is 9.53 Å². The van der Waals surface area contributed by atoms with Crippen LogP contribution in [0, 0.1) is 11.3 Å². The Morgan fingerprint density at radius 3 is 2.53 bits per heavy atom. The molecular weight excluding hydrogens is 212 g/mol. The molecule has 96 valence electrons. The third-order valence-corrected chi connectivity index (χ3v) is 4.05. The molecule has 1 aliphatic heterocycles. The molecule has 2 heteroatoms. The van der Waals surface area contributed by atoms with Crippen LogP contribution >= 0.6 is 0 Å². The Labute approximate surface area is 104 Å². The van der Waals surface area contributed by atoms with Crippen LogP contribution in [0.5, 0.6) is 0 Å². The highest BCUT2D eigenvalue weighted by atomic mass is 16.5. The Hall–Kier alpha value is -0.790. The molecule has 0 saturated carbocycles. The molecule has 2 nitrogen and oxygen atoms in total. The van der Waals surface area contributed by atoms with Crippen LogP contribution in [-0.2, 0) is 9.53 Å². The first-order valence-corrected chi connectivity index (χ1v) is 6.63. The fraction of sp³-hybridized carbons (Fsp3) is 0.800. The summed E-state index contributed by atoms with van der Waals surface area (Å²) in [6, 6.07) is 0. The first-order chi connectivity index (χ1) is 7.69. The molecule has 1 heterocycles. The van der Waals surface area contributed by atoms with Gasteiger partial charge in [-0.1, -0.05) is 20.8 Å². The summed E-state index contributed by atoms with van der Waals surface area (Å²) in [4.78, 5) is 12.2. The Morgan fingerprint density at radius 1 is 1.29 bits per heavy atom. The molecule has 0 aromatic rings. The van der Waals surface area contributed by atoms with Gasteiger partial charge in [0.1, 0.15) is 11.4 Å².